The number of rotatable bonds is 5. The zero-order valence-corrected chi connectivity index (χ0v) is 17.1. The van der Waals surface area contributed by atoms with Crippen LogP contribution < -0.4 is 9.64 Å². The Labute approximate surface area is 170 Å². The summed E-state index contributed by atoms with van der Waals surface area (Å²) in [6.45, 7) is 7.93. The Kier molecular flexibility index (Phi) is 5.27. The lowest BCUT2D eigenvalue weighted by Gasteiger charge is -2.37. The summed E-state index contributed by atoms with van der Waals surface area (Å²) >= 11 is 0. The van der Waals surface area contributed by atoms with E-state index in [9.17, 15) is 9.59 Å². The lowest BCUT2D eigenvalue weighted by atomic mass is 10.0. The van der Waals surface area contributed by atoms with Crippen LogP contribution in [0.4, 0.5) is 10.5 Å². The molecule has 0 bridgehead atoms. The highest BCUT2D eigenvalue weighted by Crippen LogP contribution is 2.29. The van der Waals surface area contributed by atoms with Crippen LogP contribution in [0.3, 0.4) is 0 Å². The third-order valence-corrected chi connectivity index (χ3v) is 5.69. The summed E-state index contributed by atoms with van der Waals surface area (Å²) in [7, 11) is 1.68. The molecule has 3 amide bonds. The molecule has 0 aromatic heterocycles. The Morgan fingerprint density at radius 1 is 1.14 bits per heavy atom. The lowest BCUT2D eigenvalue weighted by molar-refractivity contribution is -0.124. The minimum atomic E-state index is -0.494. The molecule has 1 saturated heterocycles. The summed E-state index contributed by atoms with van der Waals surface area (Å²) in [5.74, 6) is 1.12. The molecule has 154 valence electrons. The number of carbonyl (C=O) groups is 2. The monoisotopic (exact) mass is 398 g/mol. The second kappa shape index (κ2) is 7.87. The standard InChI is InChI=1S/C21H26N4O4/c1-14-18-19(15(2)29-14)22-21(27)25(20(18)26)13-10-23-8-11-24(12-9-23)16-6-4-5-7-17(16)28-3/h4-7,15H,8-13H2,1-3H3. The molecule has 1 fully saturated rings. The second-order valence-electron chi connectivity index (χ2n) is 7.43. The first-order valence-corrected chi connectivity index (χ1v) is 9.92. The van der Waals surface area contributed by atoms with E-state index >= 15 is 0 Å². The normalized spacial score (nSPS) is 22.6. The van der Waals surface area contributed by atoms with E-state index in [0.717, 1.165) is 37.6 Å². The number of urea groups is 1. The Balaban J connectivity index is 1.35. The smallest absolute Gasteiger partial charge is 0.350 e. The van der Waals surface area contributed by atoms with Crippen molar-refractivity contribution >= 4 is 23.3 Å². The molecular formula is C21H26N4O4. The molecule has 29 heavy (non-hydrogen) atoms. The average molecular weight is 398 g/mol. The number of imide groups is 1. The SMILES string of the molecule is COc1ccccc1N1CCN(CCN2C(=O)N=C3C(=C(C)OC3C)C2=O)CC1. The van der Waals surface area contributed by atoms with Crippen molar-refractivity contribution in [1.29, 1.82) is 0 Å². The molecule has 1 aromatic rings. The number of fused-ring (bicyclic) bond motifs is 1. The molecule has 0 N–H and O–H groups in total. The number of benzene rings is 1. The van der Waals surface area contributed by atoms with Gasteiger partial charge in [-0.15, -0.1) is 0 Å². The number of methoxy groups -OCH3 is 1. The molecule has 3 heterocycles. The van der Waals surface area contributed by atoms with Gasteiger partial charge in [0.1, 0.15) is 28.9 Å². The molecule has 0 radical (unpaired) electrons. The van der Waals surface area contributed by atoms with Crippen LogP contribution in [0, 0.1) is 0 Å². The Hall–Kier alpha value is -2.87. The third-order valence-electron chi connectivity index (χ3n) is 5.69. The van der Waals surface area contributed by atoms with Gasteiger partial charge in [0.05, 0.1) is 12.8 Å². The van der Waals surface area contributed by atoms with Gasteiger partial charge in [0, 0.05) is 39.3 Å². The summed E-state index contributed by atoms with van der Waals surface area (Å²) in [6, 6.07) is 7.51. The molecule has 8 heteroatoms. The fraction of sp³-hybridized carbons (Fsp3) is 0.476. The van der Waals surface area contributed by atoms with Gasteiger partial charge in [0.2, 0.25) is 0 Å². The highest BCUT2D eigenvalue weighted by molar-refractivity contribution is 6.31. The van der Waals surface area contributed by atoms with Gasteiger partial charge in [-0.25, -0.2) is 4.79 Å². The molecule has 3 aliphatic heterocycles. The van der Waals surface area contributed by atoms with Crippen LogP contribution in [0.15, 0.2) is 40.6 Å². The molecule has 1 unspecified atom stereocenters. The minimum absolute atomic E-state index is 0.297. The number of hydrogen-bond donors (Lipinski definition) is 0. The van der Waals surface area contributed by atoms with Crippen LogP contribution >= 0.6 is 0 Å². The van der Waals surface area contributed by atoms with Crippen molar-refractivity contribution < 1.29 is 19.1 Å². The predicted molar refractivity (Wildman–Crippen MR) is 109 cm³/mol. The minimum Gasteiger partial charge on any atom is -0.495 e. The van der Waals surface area contributed by atoms with E-state index in [1.165, 1.54) is 4.90 Å². The van der Waals surface area contributed by atoms with E-state index in [2.05, 4.69) is 20.9 Å². The quantitative estimate of drug-likeness (QED) is 0.754. The number of aliphatic imine (C=N–C) groups is 1. The predicted octanol–water partition coefficient (Wildman–Crippen LogP) is 1.91. The molecule has 0 aliphatic carbocycles. The molecule has 8 nitrogen and oxygen atoms in total. The highest BCUT2D eigenvalue weighted by atomic mass is 16.5. The van der Waals surface area contributed by atoms with Crippen LogP contribution in [0.5, 0.6) is 5.75 Å². The van der Waals surface area contributed by atoms with Gasteiger partial charge in [0.25, 0.3) is 5.91 Å². The van der Waals surface area contributed by atoms with Gasteiger partial charge < -0.3 is 14.4 Å². The van der Waals surface area contributed by atoms with Crippen molar-refractivity contribution in [3.8, 4) is 5.75 Å². The number of nitrogens with zero attached hydrogens (tertiary/aromatic N) is 4. The number of anilines is 1. The fourth-order valence-electron chi connectivity index (χ4n) is 4.10. The number of hydrogen-bond acceptors (Lipinski definition) is 6. The first-order chi connectivity index (χ1) is 14.0. The molecule has 4 rings (SSSR count). The number of para-hydroxylation sites is 2. The lowest BCUT2D eigenvalue weighted by Crippen LogP contribution is -2.51. The molecule has 3 aliphatic rings. The van der Waals surface area contributed by atoms with E-state index in [1.807, 2.05) is 18.2 Å². The summed E-state index contributed by atoms with van der Waals surface area (Å²) in [5, 5.41) is 0. The van der Waals surface area contributed by atoms with Gasteiger partial charge in [-0.2, -0.15) is 4.99 Å². The first-order valence-electron chi connectivity index (χ1n) is 9.92. The van der Waals surface area contributed by atoms with Crippen molar-refractivity contribution in [3.63, 3.8) is 0 Å². The fourth-order valence-corrected chi connectivity index (χ4v) is 4.10. The zero-order valence-electron chi connectivity index (χ0n) is 17.1. The summed E-state index contributed by atoms with van der Waals surface area (Å²) in [6.07, 6.45) is -0.344. The maximum absolute atomic E-state index is 12.8. The van der Waals surface area contributed by atoms with Crippen molar-refractivity contribution in [2.75, 3.05) is 51.3 Å². The first kappa shape index (κ1) is 19.4. The Bertz CT molecular complexity index is 886. The van der Waals surface area contributed by atoms with E-state index in [1.54, 1.807) is 21.0 Å². The molecule has 0 saturated carbocycles. The largest absolute Gasteiger partial charge is 0.495 e. The van der Waals surface area contributed by atoms with Crippen molar-refractivity contribution in [1.82, 2.24) is 9.80 Å². The number of ether oxygens (including phenoxy) is 2. The number of carbonyl (C=O) groups excluding carboxylic acids is 2. The number of amides is 3. The Morgan fingerprint density at radius 3 is 2.59 bits per heavy atom. The number of allylic oxidation sites excluding steroid dienone is 1. The van der Waals surface area contributed by atoms with Crippen LogP contribution in [0.2, 0.25) is 0 Å². The second-order valence-corrected chi connectivity index (χ2v) is 7.43. The van der Waals surface area contributed by atoms with Crippen LogP contribution in [0.1, 0.15) is 13.8 Å². The molecule has 1 aromatic carbocycles. The average Bonchev–Trinajstić information content (AvgIpc) is 3.01. The summed E-state index contributed by atoms with van der Waals surface area (Å²) in [5.41, 5.74) is 1.99. The van der Waals surface area contributed by atoms with E-state index in [0.29, 0.717) is 30.1 Å². The van der Waals surface area contributed by atoms with Crippen LogP contribution in [-0.2, 0) is 9.53 Å². The Morgan fingerprint density at radius 2 is 1.86 bits per heavy atom. The van der Waals surface area contributed by atoms with Crippen molar-refractivity contribution in [3.05, 3.63) is 35.6 Å². The number of piperazine rings is 1. The maximum atomic E-state index is 12.8. The van der Waals surface area contributed by atoms with Crippen molar-refractivity contribution in [2.45, 2.75) is 20.0 Å². The zero-order chi connectivity index (χ0) is 20.5. The van der Waals surface area contributed by atoms with Crippen LogP contribution in [-0.4, -0.2) is 79.9 Å². The van der Waals surface area contributed by atoms with Gasteiger partial charge in [-0.05, 0) is 26.0 Å². The van der Waals surface area contributed by atoms with Gasteiger partial charge in [-0.3, -0.25) is 14.6 Å². The van der Waals surface area contributed by atoms with Gasteiger partial charge in [0.15, 0.2) is 0 Å². The molecule has 0 spiro atoms. The summed E-state index contributed by atoms with van der Waals surface area (Å²) in [4.78, 5) is 35.1. The third kappa shape index (κ3) is 3.60. The summed E-state index contributed by atoms with van der Waals surface area (Å²) < 4.78 is 11.0. The molecule has 1 atom stereocenters. The van der Waals surface area contributed by atoms with Crippen LogP contribution in [0.25, 0.3) is 0 Å². The van der Waals surface area contributed by atoms with E-state index in [4.69, 9.17) is 9.47 Å². The highest BCUT2D eigenvalue weighted by Gasteiger charge is 2.41. The van der Waals surface area contributed by atoms with Gasteiger partial charge >= 0.3 is 6.03 Å². The van der Waals surface area contributed by atoms with E-state index in [-0.39, 0.29) is 12.0 Å². The van der Waals surface area contributed by atoms with Gasteiger partial charge in [-0.1, -0.05) is 12.1 Å². The van der Waals surface area contributed by atoms with Crippen molar-refractivity contribution in [2.24, 2.45) is 4.99 Å². The van der Waals surface area contributed by atoms with E-state index < -0.39 is 6.03 Å². The molecular weight excluding hydrogens is 372 g/mol. The maximum Gasteiger partial charge on any atom is 0.350 e. The topological polar surface area (TPSA) is 74.7 Å².